The van der Waals surface area contributed by atoms with Crippen LogP contribution in [0.25, 0.3) is 10.9 Å². The van der Waals surface area contributed by atoms with E-state index in [1.807, 2.05) is 18.2 Å². The molecule has 3 fully saturated rings. The number of nitrogens with two attached hydrogens (primary N) is 1. The van der Waals surface area contributed by atoms with Crippen LogP contribution in [0.5, 0.6) is 0 Å². The van der Waals surface area contributed by atoms with Gasteiger partial charge >= 0.3 is 0 Å². The van der Waals surface area contributed by atoms with E-state index in [9.17, 15) is 5.26 Å². The van der Waals surface area contributed by atoms with Crippen molar-refractivity contribution in [2.45, 2.75) is 37.2 Å². The van der Waals surface area contributed by atoms with Crippen LogP contribution in [0.2, 0.25) is 0 Å². The number of hydrogen-bond donors (Lipinski definition) is 1. The van der Waals surface area contributed by atoms with Gasteiger partial charge in [0, 0.05) is 81.8 Å². The Kier molecular flexibility index (Phi) is 6.60. The predicted octanol–water partition coefficient (Wildman–Crippen LogP) is 2.96. The highest BCUT2D eigenvalue weighted by atomic mass is 16.5. The average Bonchev–Trinajstić information content (AvgIpc) is 3.30. The van der Waals surface area contributed by atoms with Crippen molar-refractivity contribution in [3.05, 3.63) is 65.8 Å². The maximum Gasteiger partial charge on any atom is 0.101 e. The van der Waals surface area contributed by atoms with E-state index in [0.717, 1.165) is 56.9 Å². The molecule has 8 nitrogen and oxygen atoms in total. The summed E-state index contributed by atoms with van der Waals surface area (Å²) in [6.07, 6.45) is 0.457. The fraction of sp³-hybridized carbons (Fsp3) is 0.467. The number of pyridine rings is 1. The normalized spacial score (nSPS) is 26.8. The number of likely N-dealkylation sites (tertiary alicyclic amines) is 1. The molecule has 2 N–H and O–H groups in total. The summed E-state index contributed by atoms with van der Waals surface area (Å²) in [5, 5.41) is 10.5. The number of rotatable bonds is 6. The maximum absolute atomic E-state index is 9.54. The van der Waals surface area contributed by atoms with Crippen molar-refractivity contribution in [3.8, 4) is 6.07 Å². The Balaban J connectivity index is 1.07. The van der Waals surface area contributed by atoms with E-state index in [1.165, 1.54) is 11.3 Å². The lowest BCUT2D eigenvalue weighted by atomic mass is 9.91. The molecule has 0 unspecified atom stereocenters. The minimum atomic E-state index is 0.0545. The minimum absolute atomic E-state index is 0.0545. The van der Waals surface area contributed by atoms with Crippen molar-refractivity contribution in [2.24, 2.45) is 5.73 Å². The summed E-state index contributed by atoms with van der Waals surface area (Å²) in [4.78, 5) is 11.5. The van der Waals surface area contributed by atoms with E-state index in [4.69, 9.17) is 16.6 Å². The molecule has 0 spiro atoms. The fourth-order valence-corrected chi connectivity index (χ4v) is 6.25. The van der Waals surface area contributed by atoms with Gasteiger partial charge in [0.25, 0.3) is 0 Å². The summed E-state index contributed by atoms with van der Waals surface area (Å²) in [5.74, 6) is 0.538. The number of ether oxygens (including phenoxy) is 2. The number of nitrogens with zero attached hydrogens (tertiary/aromatic N) is 5. The van der Waals surface area contributed by atoms with Crippen LogP contribution in [0.15, 0.2) is 54.7 Å². The van der Waals surface area contributed by atoms with Gasteiger partial charge in [-0.2, -0.15) is 5.26 Å². The molecule has 3 aliphatic heterocycles. The van der Waals surface area contributed by atoms with Gasteiger partial charge in [-0.3, -0.25) is 9.88 Å². The number of anilines is 2. The summed E-state index contributed by atoms with van der Waals surface area (Å²) in [5.41, 5.74) is 10.9. The van der Waals surface area contributed by atoms with Gasteiger partial charge in [0.05, 0.1) is 36.8 Å². The van der Waals surface area contributed by atoms with Gasteiger partial charge in [-0.25, -0.2) is 0 Å². The van der Waals surface area contributed by atoms with Crippen LogP contribution in [-0.2, 0) is 9.47 Å². The standard InChI is InChI=1S/C30H36N6O2/c1-20-13-36(28-10-7-22(12-31)30-26(28)4-3-11-33-30)17-25(38-20)16-34-14-23(15-34)21-5-8-24(9-6-21)35-18-27(32)29(19-35)37-2/h3-11,20,23,25,27,29H,13-19,32H2,1-2H3/t20-,25+,27+,29+/m1/s1/i11D. The zero-order valence-electron chi connectivity index (χ0n) is 23.1. The molecule has 0 aliphatic carbocycles. The molecule has 8 heteroatoms. The highest BCUT2D eigenvalue weighted by Gasteiger charge is 2.34. The molecule has 0 amide bonds. The molecule has 6 rings (SSSR count). The Labute approximate surface area is 225 Å². The number of nitriles is 1. The first-order valence-corrected chi connectivity index (χ1v) is 13.5. The Hall–Kier alpha value is -3.22. The Morgan fingerprint density at radius 3 is 2.63 bits per heavy atom. The summed E-state index contributed by atoms with van der Waals surface area (Å²) in [6, 6.07) is 18.7. The summed E-state index contributed by atoms with van der Waals surface area (Å²) >= 11 is 0. The van der Waals surface area contributed by atoms with Crippen molar-refractivity contribution in [1.82, 2.24) is 9.88 Å². The number of morpholine rings is 1. The summed E-state index contributed by atoms with van der Waals surface area (Å²) in [7, 11) is 1.73. The SMILES string of the molecule is [2H]c1ccc2c(N3C[C@H](CN4CC(c5ccc(N6C[C@H](OC)[C@@H](N)C6)cc5)C4)O[C@H](C)C3)ccc(C#N)c2n1. The Bertz CT molecular complexity index is 1370. The van der Waals surface area contributed by atoms with Gasteiger partial charge in [0.1, 0.15) is 6.07 Å². The van der Waals surface area contributed by atoms with Crippen LogP contribution < -0.4 is 15.5 Å². The number of aromatic nitrogens is 1. The smallest absolute Gasteiger partial charge is 0.101 e. The highest BCUT2D eigenvalue weighted by molar-refractivity contribution is 5.95. The van der Waals surface area contributed by atoms with Gasteiger partial charge in [0.2, 0.25) is 0 Å². The first-order chi connectivity index (χ1) is 18.9. The van der Waals surface area contributed by atoms with Crippen LogP contribution in [0.4, 0.5) is 11.4 Å². The number of hydrogen-bond acceptors (Lipinski definition) is 8. The molecule has 4 atom stereocenters. The molecular formula is C30H36N6O2. The summed E-state index contributed by atoms with van der Waals surface area (Å²) in [6.45, 7) is 8.30. The quantitative estimate of drug-likeness (QED) is 0.538. The topological polar surface area (TPSA) is 90.9 Å². The molecule has 4 heterocycles. The molecule has 3 aliphatic rings. The molecule has 3 saturated heterocycles. The van der Waals surface area contributed by atoms with Crippen LogP contribution in [0.1, 0.15) is 25.3 Å². The monoisotopic (exact) mass is 513 g/mol. The second-order valence-corrected chi connectivity index (χ2v) is 10.9. The number of fused-ring (bicyclic) bond motifs is 1. The predicted molar refractivity (Wildman–Crippen MR) is 150 cm³/mol. The fourth-order valence-electron chi connectivity index (χ4n) is 6.25. The number of methoxy groups -OCH3 is 1. The van der Waals surface area contributed by atoms with Gasteiger partial charge in [-0.05, 0) is 48.9 Å². The summed E-state index contributed by atoms with van der Waals surface area (Å²) < 4.78 is 19.8. The highest BCUT2D eigenvalue weighted by Crippen LogP contribution is 2.33. The van der Waals surface area contributed by atoms with Crippen LogP contribution in [-0.4, -0.2) is 87.2 Å². The van der Waals surface area contributed by atoms with Crippen molar-refractivity contribution in [2.75, 3.05) is 62.7 Å². The Morgan fingerprint density at radius 2 is 1.89 bits per heavy atom. The lowest BCUT2D eigenvalue weighted by Gasteiger charge is -2.45. The third-order valence-corrected chi connectivity index (χ3v) is 8.24. The van der Waals surface area contributed by atoms with Crippen LogP contribution >= 0.6 is 0 Å². The third-order valence-electron chi connectivity index (χ3n) is 8.24. The molecule has 3 aromatic rings. The first-order valence-electron chi connectivity index (χ1n) is 14.0. The molecular weight excluding hydrogens is 476 g/mol. The van der Waals surface area contributed by atoms with E-state index in [1.54, 1.807) is 13.2 Å². The third kappa shape index (κ3) is 4.83. The van der Waals surface area contributed by atoms with Crippen LogP contribution in [0.3, 0.4) is 0 Å². The van der Waals surface area contributed by atoms with E-state index >= 15 is 0 Å². The Morgan fingerprint density at radius 1 is 1.08 bits per heavy atom. The molecule has 198 valence electrons. The second kappa shape index (κ2) is 10.5. The van der Waals surface area contributed by atoms with Crippen LogP contribution in [0, 0.1) is 11.3 Å². The van der Waals surface area contributed by atoms with Gasteiger partial charge < -0.3 is 25.0 Å². The second-order valence-electron chi connectivity index (χ2n) is 10.9. The molecule has 38 heavy (non-hydrogen) atoms. The molecule has 1 aromatic heterocycles. The number of benzene rings is 2. The molecule has 0 radical (unpaired) electrons. The van der Waals surface area contributed by atoms with Gasteiger partial charge in [0.15, 0.2) is 0 Å². The van der Waals surface area contributed by atoms with E-state index in [0.29, 0.717) is 17.0 Å². The minimum Gasteiger partial charge on any atom is -0.378 e. The van der Waals surface area contributed by atoms with E-state index in [2.05, 4.69) is 56.9 Å². The molecule has 0 saturated carbocycles. The van der Waals surface area contributed by atoms with Crippen molar-refractivity contribution in [1.29, 1.82) is 5.26 Å². The first kappa shape index (κ1) is 23.9. The zero-order valence-corrected chi connectivity index (χ0v) is 22.1. The lowest BCUT2D eigenvalue weighted by molar-refractivity contribution is -0.0434. The van der Waals surface area contributed by atoms with Gasteiger partial charge in [-0.1, -0.05) is 12.1 Å². The van der Waals surface area contributed by atoms with Crippen molar-refractivity contribution >= 4 is 22.3 Å². The molecule has 2 aromatic carbocycles. The van der Waals surface area contributed by atoms with Crippen molar-refractivity contribution < 1.29 is 10.8 Å². The van der Waals surface area contributed by atoms with E-state index in [-0.39, 0.29) is 30.5 Å². The largest absolute Gasteiger partial charge is 0.378 e. The molecule has 0 bridgehead atoms. The zero-order chi connectivity index (χ0) is 27.1. The van der Waals surface area contributed by atoms with E-state index < -0.39 is 0 Å². The lowest BCUT2D eigenvalue weighted by Crippen LogP contribution is -2.55. The van der Waals surface area contributed by atoms with Crippen molar-refractivity contribution in [3.63, 3.8) is 0 Å². The average molecular weight is 514 g/mol. The van der Waals surface area contributed by atoms with Gasteiger partial charge in [-0.15, -0.1) is 0 Å². The maximum atomic E-state index is 9.54.